The van der Waals surface area contributed by atoms with E-state index in [0.717, 1.165) is 5.01 Å². The molecule has 0 fully saturated rings. The van der Waals surface area contributed by atoms with Crippen LogP contribution < -0.4 is 11.1 Å². The Bertz CT molecular complexity index is 351. The lowest BCUT2D eigenvalue weighted by atomic mass is 9.93. The molecule has 0 spiro atoms. The first-order chi connectivity index (χ1) is 6.92. The van der Waals surface area contributed by atoms with E-state index in [1.165, 1.54) is 11.3 Å². The van der Waals surface area contributed by atoms with E-state index in [-0.39, 0.29) is 5.91 Å². The van der Waals surface area contributed by atoms with Crippen LogP contribution in [-0.2, 0) is 11.3 Å². The molecule has 1 rings (SSSR count). The third kappa shape index (κ3) is 3.77. The van der Waals surface area contributed by atoms with Crippen LogP contribution in [0.15, 0.2) is 6.20 Å². The van der Waals surface area contributed by atoms with Crippen LogP contribution in [0.3, 0.4) is 0 Å². The molecule has 0 radical (unpaired) electrons. The number of hydrogen-bond donors (Lipinski definition) is 2. The monoisotopic (exact) mass is 247 g/mol. The Balaban J connectivity index is 2.36. The first-order valence-corrected chi connectivity index (χ1v) is 5.72. The van der Waals surface area contributed by atoms with Crippen molar-refractivity contribution in [3.8, 4) is 0 Å². The van der Waals surface area contributed by atoms with Crippen LogP contribution >= 0.6 is 22.9 Å². The molecule has 0 saturated carbocycles. The molecule has 0 aliphatic heterocycles. The van der Waals surface area contributed by atoms with Crippen molar-refractivity contribution in [1.82, 2.24) is 10.3 Å². The van der Waals surface area contributed by atoms with E-state index in [1.807, 2.05) is 0 Å². The number of amides is 1. The van der Waals surface area contributed by atoms with Gasteiger partial charge in [-0.3, -0.25) is 4.79 Å². The second-order valence-electron chi connectivity index (χ2n) is 3.91. The van der Waals surface area contributed by atoms with Crippen molar-refractivity contribution in [2.24, 2.45) is 11.1 Å². The summed E-state index contributed by atoms with van der Waals surface area (Å²) in [6.07, 6.45) is 1.61. The molecule has 1 amide bonds. The van der Waals surface area contributed by atoms with E-state index in [4.69, 9.17) is 17.3 Å². The summed E-state index contributed by atoms with van der Waals surface area (Å²) < 4.78 is 0.668. The summed E-state index contributed by atoms with van der Waals surface area (Å²) in [5, 5.41) is 4.03. The summed E-state index contributed by atoms with van der Waals surface area (Å²) in [4.78, 5) is 15.1. The molecule has 15 heavy (non-hydrogen) atoms. The van der Waals surface area contributed by atoms with Crippen molar-refractivity contribution in [2.75, 3.05) is 6.54 Å². The highest BCUT2D eigenvalue weighted by Gasteiger charge is 2.24. The summed E-state index contributed by atoms with van der Waals surface area (Å²) >= 11 is 7.16. The van der Waals surface area contributed by atoms with Gasteiger partial charge in [0.2, 0.25) is 5.91 Å². The van der Waals surface area contributed by atoms with Crippen LogP contribution in [-0.4, -0.2) is 17.4 Å². The molecule has 0 aliphatic carbocycles. The van der Waals surface area contributed by atoms with Crippen LogP contribution in [0.5, 0.6) is 0 Å². The molecule has 4 nitrogen and oxygen atoms in total. The minimum Gasteiger partial charge on any atom is -0.369 e. The maximum absolute atomic E-state index is 11.0. The molecule has 1 heterocycles. The fourth-order valence-corrected chi connectivity index (χ4v) is 1.86. The largest absolute Gasteiger partial charge is 0.369 e. The Labute approximate surface area is 97.8 Å². The highest BCUT2D eigenvalue weighted by molar-refractivity contribution is 7.15. The summed E-state index contributed by atoms with van der Waals surface area (Å²) in [5.74, 6) is -0.313. The molecule has 84 valence electrons. The lowest BCUT2D eigenvalue weighted by Gasteiger charge is -2.20. The van der Waals surface area contributed by atoms with Gasteiger partial charge in [0.15, 0.2) is 0 Å². The number of carbonyl (C=O) groups excluding carboxylic acids is 1. The highest BCUT2D eigenvalue weighted by Crippen LogP contribution is 2.18. The molecule has 0 aromatic carbocycles. The molecule has 0 atom stereocenters. The second kappa shape index (κ2) is 4.92. The van der Waals surface area contributed by atoms with Crippen LogP contribution in [0.4, 0.5) is 0 Å². The van der Waals surface area contributed by atoms with Gasteiger partial charge in [-0.25, -0.2) is 4.98 Å². The van der Waals surface area contributed by atoms with E-state index in [2.05, 4.69) is 10.3 Å². The predicted molar refractivity (Wildman–Crippen MR) is 61.8 cm³/mol. The molecule has 0 bridgehead atoms. The van der Waals surface area contributed by atoms with Gasteiger partial charge in [-0.15, -0.1) is 11.3 Å². The molecule has 0 unspecified atom stereocenters. The van der Waals surface area contributed by atoms with Crippen molar-refractivity contribution in [3.05, 3.63) is 15.5 Å². The number of halogens is 1. The molecular weight excluding hydrogens is 234 g/mol. The number of primary amides is 1. The van der Waals surface area contributed by atoms with Gasteiger partial charge in [-0.1, -0.05) is 11.6 Å². The summed E-state index contributed by atoms with van der Waals surface area (Å²) in [6, 6.07) is 0. The first-order valence-electron chi connectivity index (χ1n) is 4.52. The molecule has 0 aliphatic rings. The van der Waals surface area contributed by atoms with E-state index < -0.39 is 5.41 Å². The van der Waals surface area contributed by atoms with Crippen molar-refractivity contribution in [3.63, 3.8) is 0 Å². The Morgan fingerprint density at radius 1 is 1.73 bits per heavy atom. The first kappa shape index (κ1) is 12.4. The molecule has 1 aromatic rings. The Morgan fingerprint density at radius 2 is 2.40 bits per heavy atom. The van der Waals surface area contributed by atoms with Crippen LogP contribution in [0.1, 0.15) is 18.9 Å². The fraction of sp³-hybridized carbons (Fsp3) is 0.556. The molecular formula is C9H14ClN3OS. The maximum Gasteiger partial charge on any atom is 0.224 e. The SMILES string of the molecule is CC(C)(CNCc1ncc(Cl)s1)C(N)=O. The topological polar surface area (TPSA) is 68.0 Å². The average molecular weight is 248 g/mol. The lowest BCUT2D eigenvalue weighted by Crippen LogP contribution is -2.40. The van der Waals surface area contributed by atoms with Crippen LogP contribution in [0.25, 0.3) is 0 Å². The number of nitrogens with one attached hydrogen (secondary N) is 1. The molecule has 3 N–H and O–H groups in total. The number of aromatic nitrogens is 1. The van der Waals surface area contributed by atoms with Gasteiger partial charge in [0, 0.05) is 13.1 Å². The molecule has 6 heteroatoms. The fourth-order valence-electron chi connectivity index (χ4n) is 0.939. The van der Waals surface area contributed by atoms with Crippen molar-refractivity contribution >= 4 is 28.8 Å². The zero-order chi connectivity index (χ0) is 11.5. The minimum atomic E-state index is -0.541. The summed E-state index contributed by atoms with van der Waals surface area (Å²) in [6.45, 7) is 4.74. The quantitative estimate of drug-likeness (QED) is 0.827. The number of carbonyl (C=O) groups is 1. The van der Waals surface area contributed by atoms with Gasteiger partial charge in [-0.2, -0.15) is 0 Å². The zero-order valence-corrected chi connectivity index (χ0v) is 10.3. The van der Waals surface area contributed by atoms with Crippen molar-refractivity contribution in [1.29, 1.82) is 0 Å². The van der Waals surface area contributed by atoms with Crippen LogP contribution in [0, 0.1) is 5.41 Å². The maximum atomic E-state index is 11.0. The third-order valence-electron chi connectivity index (χ3n) is 2.04. The standard InChI is InChI=1S/C9H14ClN3OS/c1-9(2,8(11)14)5-12-4-7-13-3-6(10)15-7/h3,12H,4-5H2,1-2H3,(H2,11,14). The summed E-state index contributed by atoms with van der Waals surface area (Å²) in [5.41, 5.74) is 4.70. The highest BCUT2D eigenvalue weighted by atomic mass is 35.5. The second-order valence-corrected chi connectivity index (χ2v) is 5.66. The van der Waals surface area contributed by atoms with Gasteiger partial charge in [-0.05, 0) is 13.8 Å². The Hall–Kier alpha value is -0.650. The number of rotatable bonds is 5. The lowest BCUT2D eigenvalue weighted by molar-refractivity contribution is -0.125. The number of thiazole rings is 1. The minimum absolute atomic E-state index is 0.313. The van der Waals surface area contributed by atoms with E-state index in [1.54, 1.807) is 20.0 Å². The molecule has 1 aromatic heterocycles. The van der Waals surface area contributed by atoms with Gasteiger partial charge < -0.3 is 11.1 Å². The smallest absolute Gasteiger partial charge is 0.224 e. The zero-order valence-electron chi connectivity index (χ0n) is 8.71. The van der Waals surface area contributed by atoms with E-state index in [0.29, 0.717) is 17.4 Å². The van der Waals surface area contributed by atoms with Gasteiger partial charge in [0.1, 0.15) is 9.34 Å². The van der Waals surface area contributed by atoms with Gasteiger partial charge in [0.05, 0.1) is 11.6 Å². The van der Waals surface area contributed by atoms with E-state index >= 15 is 0 Å². The normalized spacial score (nSPS) is 11.7. The van der Waals surface area contributed by atoms with Gasteiger partial charge >= 0.3 is 0 Å². The average Bonchev–Trinajstić information content (AvgIpc) is 2.51. The molecule has 0 saturated heterocycles. The summed E-state index contributed by atoms with van der Waals surface area (Å²) in [7, 11) is 0. The van der Waals surface area contributed by atoms with Crippen LogP contribution in [0.2, 0.25) is 4.34 Å². The number of hydrogen-bond acceptors (Lipinski definition) is 4. The van der Waals surface area contributed by atoms with Crippen molar-refractivity contribution in [2.45, 2.75) is 20.4 Å². The predicted octanol–water partition coefficient (Wildman–Crippen LogP) is 1.40. The number of nitrogens with two attached hydrogens (primary N) is 1. The van der Waals surface area contributed by atoms with Gasteiger partial charge in [0.25, 0.3) is 0 Å². The van der Waals surface area contributed by atoms with E-state index in [9.17, 15) is 4.79 Å². The Morgan fingerprint density at radius 3 is 2.87 bits per heavy atom. The Kier molecular flexibility index (Phi) is 4.07. The van der Waals surface area contributed by atoms with Crippen molar-refractivity contribution < 1.29 is 4.79 Å². The number of nitrogens with zero attached hydrogens (tertiary/aromatic N) is 1. The third-order valence-corrected chi connectivity index (χ3v) is 3.15.